The molecule has 3 nitrogen and oxygen atoms in total. The van der Waals surface area contributed by atoms with Crippen LogP contribution in [0.5, 0.6) is 0 Å². The fourth-order valence-electron chi connectivity index (χ4n) is 1.42. The Balaban J connectivity index is 2.58. The molecule has 2 heterocycles. The van der Waals surface area contributed by atoms with Crippen LogP contribution in [0.2, 0.25) is 0 Å². The van der Waals surface area contributed by atoms with Crippen molar-refractivity contribution < 1.29 is 0 Å². The first-order valence-electron chi connectivity index (χ1n) is 4.69. The predicted octanol–water partition coefficient (Wildman–Crippen LogP) is 1.81. The number of thioether (sulfide) groups is 1. The molecule has 4 heteroatoms. The van der Waals surface area contributed by atoms with Crippen molar-refractivity contribution >= 4 is 11.8 Å². The summed E-state index contributed by atoms with van der Waals surface area (Å²) in [5.41, 5.74) is 1.80. The number of aromatic nitrogens is 2. The van der Waals surface area contributed by atoms with E-state index in [1.165, 1.54) is 0 Å². The predicted molar refractivity (Wildman–Crippen MR) is 58.6 cm³/mol. The van der Waals surface area contributed by atoms with Crippen LogP contribution >= 0.6 is 11.8 Å². The van der Waals surface area contributed by atoms with E-state index in [0.29, 0.717) is 0 Å². The van der Waals surface area contributed by atoms with Gasteiger partial charge in [0, 0.05) is 22.5 Å². The SMILES string of the molecule is CC(C)(C)c1nc2c(c(=O)[nH]1)CSC2. The molecule has 0 unspecified atom stereocenters. The molecule has 0 radical (unpaired) electrons. The van der Waals surface area contributed by atoms with Gasteiger partial charge in [0.05, 0.1) is 5.69 Å². The van der Waals surface area contributed by atoms with Crippen molar-refractivity contribution in [2.45, 2.75) is 37.7 Å². The number of nitrogens with zero attached hydrogens (tertiary/aromatic N) is 1. The smallest absolute Gasteiger partial charge is 0.255 e. The molecule has 0 aromatic carbocycles. The van der Waals surface area contributed by atoms with Gasteiger partial charge >= 0.3 is 0 Å². The van der Waals surface area contributed by atoms with E-state index in [1.807, 2.05) is 0 Å². The largest absolute Gasteiger partial charge is 0.310 e. The number of aromatic amines is 1. The summed E-state index contributed by atoms with van der Waals surface area (Å²) in [5, 5.41) is 0. The van der Waals surface area contributed by atoms with Crippen LogP contribution < -0.4 is 5.56 Å². The summed E-state index contributed by atoms with van der Waals surface area (Å²) in [6, 6.07) is 0. The van der Waals surface area contributed by atoms with Gasteiger partial charge in [-0.3, -0.25) is 4.79 Å². The highest BCUT2D eigenvalue weighted by Crippen LogP contribution is 2.27. The van der Waals surface area contributed by atoms with Gasteiger partial charge in [0.2, 0.25) is 0 Å². The van der Waals surface area contributed by atoms with Crippen molar-refractivity contribution in [2.24, 2.45) is 0 Å². The zero-order chi connectivity index (χ0) is 10.3. The Morgan fingerprint density at radius 3 is 2.71 bits per heavy atom. The second kappa shape index (κ2) is 3.12. The molecule has 1 aliphatic heterocycles. The summed E-state index contributed by atoms with van der Waals surface area (Å²) < 4.78 is 0. The number of hydrogen-bond donors (Lipinski definition) is 1. The molecule has 0 amide bonds. The number of nitrogens with one attached hydrogen (secondary N) is 1. The minimum absolute atomic E-state index is 0.0462. The Hall–Kier alpha value is -0.770. The molecule has 1 aromatic heterocycles. The minimum Gasteiger partial charge on any atom is -0.310 e. The lowest BCUT2D eigenvalue weighted by Gasteiger charge is -2.17. The summed E-state index contributed by atoms with van der Waals surface area (Å²) in [7, 11) is 0. The Labute approximate surface area is 87.3 Å². The van der Waals surface area contributed by atoms with Crippen molar-refractivity contribution in [2.75, 3.05) is 0 Å². The van der Waals surface area contributed by atoms with Crippen LogP contribution in [0.15, 0.2) is 4.79 Å². The van der Waals surface area contributed by atoms with Crippen molar-refractivity contribution in [3.8, 4) is 0 Å². The quantitative estimate of drug-likeness (QED) is 0.710. The lowest BCUT2D eigenvalue weighted by atomic mass is 9.95. The molecule has 1 aromatic rings. The van der Waals surface area contributed by atoms with Crippen molar-refractivity contribution in [1.29, 1.82) is 0 Å². The van der Waals surface area contributed by atoms with Crippen molar-refractivity contribution in [1.82, 2.24) is 9.97 Å². The maximum absolute atomic E-state index is 11.7. The molecular weight excluding hydrogens is 196 g/mol. The summed E-state index contributed by atoms with van der Waals surface area (Å²) in [6.07, 6.45) is 0. The van der Waals surface area contributed by atoms with Crippen LogP contribution in [-0.2, 0) is 16.9 Å². The van der Waals surface area contributed by atoms with Crippen LogP contribution in [0.4, 0.5) is 0 Å². The molecule has 0 bridgehead atoms. The third-order valence-electron chi connectivity index (χ3n) is 2.30. The monoisotopic (exact) mass is 210 g/mol. The van der Waals surface area contributed by atoms with Gasteiger partial charge in [-0.2, -0.15) is 11.8 Å². The molecule has 2 rings (SSSR count). The Kier molecular flexibility index (Phi) is 2.18. The van der Waals surface area contributed by atoms with E-state index >= 15 is 0 Å². The average Bonchev–Trinajstić information content (AvgIpc) is 2.50. The third-order valence-corrected chi connectivity index (χ3v) is 3.27. The maximum Gasteiger partial charge on any atom is 0.255 e. The lowest BCUT2D eigenvalue weighted by Crippen LogP contribution is -2.24. The Morgan fingerprint density at radius 1 is 1.36 bits per heavy atom. The molecule has 0 saturated heterocycles. The topological polar surface area (TPSA) is 45.8 Å². The second-order valence-corrected chi connectivity index (χ2v) is 5.57. The highest BCUT2D eigenvalue weighted by molar-refractivity contribution is 7.98. The Morgan fingerprint density at radius 2 is 2.07 bits per heavy atom. The summed E-state index contributed by atoms with van der Waals surface area (Å²) in [4.78, 5) is 19.0. The van der Waals surface area contributed by atoms with E-state index < -0.39 is 0 Å². The maximum atomic E-state index is 11.7. The molecule has 0 saturated carbocycles. The number of hydrogen-bond acceptors (Lipinski definition) is 3. The van der Waals surface area contributed by atoms with Gasteiger partial charge in [-0.25, -0.2) is 4.98 Å². The molecule has 1 aliphatic rings. The summed E-state index contributed by atoms with van der Waals surface area (Å²) >= 11 is 1.75. The Bertz CT molecular complexity index is 417. The van der Waals surface area contributed by atoms with E-state index in [2.05, 4.69) is 30.7 Å². The highest BCUT2D eigenvalue weighted by atomic mass is 32.2. The summed E-state index contributed by atoms with van der Waals surface area (Å²) in [6.45, 7) is 6.17. The van der Waals surface area contributed by atoms with Gasteiger partial charge in [0.15, 0.2) is 0 Å². The van der Waals surface area contributed by atoms with Crippen molar-refractivity contribution in [3.05, 3.63) is 27.4 Å². The summed E-state index contributed by atoms with van der Waals surface area (Å²) in [5.74, 6) is 2.48. The fourth-order valence-corrected chi connectivity index (χ4v) is 2.45. The van der Waals surface area contributed by atoms with Gasteiger partial charge < -0.3 is 4.98 Å². The van der Waals surface area contributed by atoms with Crippen LogP contribution in [-0.4, -0.2) is 9.97 Å². The first-order valence-corrected chi connectivity index (χ1v) is 5.84. The van der Waals surface area contributed by atoms with E-state index in [4.69, 9.17) is 0 Å². The minimum atomic E-state index is -0.0819. The fraction of sp³-hybridized carbons (Fsp3) is 0.600. The third kappa shape index (κ3) is 1.59. The zero-order valence-electron chi connectivity index (χ0n) is 8.68. The molecule has 0 aliphatic carbocycles. The zero-order valence-corrected chi connectivity index (χ0v) is 9.49. The van der Waals surface area contributed by atoms with Gasteiger partial charge in [-0.15, -0.1) is 0 Å². The number of fused-ring (bicyclic) bond motifs is 1. The molecule has 1 N–H and O–H groups in total. The van der Waals surface area contributed by atoms with E-state index in [9.17, 15) is 4.79 Å². The van der Waals surface area contributed by atoms with Crippen LogP contribution in [0.25, 0.3) is 0 Å². The van der Waals surface area contributed by atoms with Crippen LogP contribution in [0.3, 0.4) is 0 Å². The highest BCUT2D eigenvalue weighted by Gasteiger charge is 2.22. The van der Waals surface area contributed by atoms with Crippen LogP contribution in [0, 0.1) is 0 Å². The normalized spacial score (nSPS) is 15.6. The number of rotatable bonds is 0. The molecule has 0 atom stereocenters. The van der Waals surface area contributed by atoms with Gasteiger partial charge in [0.25, 0.3) is 5.56 Å². The van der Waals surface area contributed by atoms with Gasteiger partial charge in [-0.1, -0.05) is 20.8 Å². The second-order valence-electron chi connectivity index (χ2n) is 4.58. The average molecular weight is 210 g/mol. The molecule has 0 fully saturated rings. The molecule has 0 spiro atoms. The van der Waals surface area contributed by atoms with E-state index in [0.717, 1.165) is 28.6 Å². The standard InChI is InChI=1S/C10H14N2OS/c1-10(2,3)9-11-7-5-14-4-6(7)8(13)12-9/h4-5H2,1-3H3,(H,11,12,13). The van der Waals surface area contributed by atoms with Gasteiger partial charge in [-0.05, 0) is 0 Å². The molecular formula is C10H14N2OS. The molecule has 76 valence electrons. The lowest BCUT2D eigenvalue weighted by molar-refractivity contribution is 0.539. The van der Waals surface area contributed by atoms with Crippen molar-refractivity contribution in [3.63, 3.8) is 0 Å². The first-order chi connectivity index (χ1) is 6.48. The van der Waals surface area contributed by atoms with E-state index in [-0.39, 0.29) is 11.0 Å². The van der Waals surface area contributed by atoms with Crippen LogP contribution in [0.1, 0.15) is 37.9 Å². The van der Waals surface area contributed by atoms with Gasteiger partial charge in [0.1, 0.15) is 5.82 Å². The molecule has 14 heavy (non-hydrogen) atoms. The first kappa shape index (κ1) is 9.77. The number of H-pyrrole nitrogens is 1. The van der Waals surface area contributed by atoms with E-state index in [1.54, 1.807) is 11.8 Å².